The molecule has 0 radical (unpaired) electrons. The highest BCUT2D eigenvalue weighted by Crippen LogP contribution is 2.13. The van der Waals surface area contributed by atoms with Crippen LogP contribution in [-0.2, 0) is 18.3 Å². The summed E-state index contributed by atoms with van der Waals surface area (Å²) < 4.78 is 7.90. The Bertz CT molecular complexity index is 970. The maximum absolute atomic E-state index is 12.9. The van der Waals surface area contributed by atoms with Crippen molar-refractivity contribution in [1.29, 1.82) is 0 Å². The van der Waals surface area contributed by atoms with E-state index in [1.807, 2.05) is 49.1 Å². The van der Waals surface area contributed by atoms with E-state index in [4.69, 9.17) is 10.5 Å². The van der Waals surface area contributed by atoms with Gasteiger partial charge in [0, 0.05) is 20.1 Å². The van der Waals surface area contributed by atoms with Crippen LogP contribution in [0, 0.1) is 0 Å². The summed E-state index contributed by atoms with van der Waals surface area (Å²) in [4.78, 5) is 40.1. The van der Waals surface area contributed by atoms with Gasteiger partial charge in [0.05, 0.1) is 25.3 Å². The summed E-state index contributed by atoms with van der Waals surface area (Å²) >= 11 is 0. The number of anilines is 1. The van der Waals surface area contributed by atoms with E-state index in [0.29, 0.717) is 13.1 Å². The van der Waals surface area contributed by atoms with Crippen molar-refractivity contribution in [3.05, 3.63) is 62.3 Å². The first-order chi connectivity index (χ1) is 13.3. The van der Waals surface area contributed by atoms with Gasteiger partial charge >= 0.3 is 5.69 Å². The Labute approximate surface area is 163 Å². The molecule has 0 spiro atoms. The molecule has 0 aliphatic carbocycles. The van der Waals surface area contributed by atoms with Crippen molar-refractivity contribution >= 4 is 11.6 Å². The van der Waals surface area contributed by atoms with Crippen molar-refractivity contribution < 1.29 is 9.53 Å². The third kappa shape index (κ3) is 4.07. The smallest absolute Gasteiger partial charge is 0.332 e. The Morgan fingerprint density at radius 2 is 1.75 bits per heavy atom. The predicted molar refractivity (Wildman–Crippen MR) is 107 cm³/mol. The molecule has 1 fully saturated rings. The molecule has 2 heterocycles. The molecule has 8 heteroatoms. The summed E-state index contributed by atoms with van der Waals surface area (Å²) in [5, 5.41) is 0. The fourth-order valence-electron chi connectivity index (χ4n) is 3.66. The highest BCUT2D eigenvalue weighted by molar-refractivity contribution is 6.01. The second kappa shape index (κ2) is 8.12. The third-order valence-corrected chi connectivity index (χ3v) is 4.91. The van der Waals surface area contributed by atoms with Crippen LogP contribution in [0.4, 0.5) is 5.82 Å². The van der Waals surface area contributed by atoms with Crippen LogP contribution < -0.4 is 17.0 Å². The molecule has 150 valence electrons. The molecule has 1 aromatic heterocycles. The van der Waals surface area contributed by atoms with Crippen LogP contribution in [0.1, 0.15) is 29.8 Å². The van der Waals surface area contributed by atoms with E-state index in [1.165, 1.54) is 11.6 Å². The fourth-order valence-corrected chi connectivity index (χ4v) is 3.66. The number of hydrogen-bond acceptors (Lipinski definition) is 6. The minimum atomic E-state index is -0.661. The molecule has 2 N–H and O–H groups in total. The normalized spacial score (nSPS) is 20.2. The topological polar surface area (TPSA) is 99.6 Å². The Hall–Kier alpha value is -2.71. The molecule has 0 unspecified atom stereocenters. The van der Waals surface area contributed by atoms with Gasteiger partial charge in [0.15, 0.2) is 5.78 Å². The average Bonchev–Trinajstić information content (AvgIpc) is 2.63. The summed E-state index contributed by atoms with van der Waals surface area (Å²) in [6.45, 7) is 5.33. The number of rotatable bonds is 5. The number of carbonyl (C=O) groups is 1. The highest BCUT2D eigenvalue weighted by Gasteiger charge is 2.27. The molecule has 8 nitrogen and oxygen atoms in total. The number of aromatic nitrogens is 2. The van der Waals surface area contributed by atoms with Crippen molar-refractivity contribution in [2.75, 3.05) is 25.4 Å². The van der Waals surface area contributed by atoms with Gasteiger partial charge in [-0.1, -0.05) is 30.3 Å². The quantitative estimate of drug-likeness (QED) is 0.750. The molecule has 2 aromatic rings. The number of morpholine rings is 1. The first-order valence-corrected chi connectivity index (χ1v) is 9.32. The zero-order valence-electron chi connectivity index (χ0n) is 16.4. The molecule has 1 saturated heterocycles. The monoisotopic (exact) mass is 386 g/mol. The summed E-state index contributed by atoms with van der Waals surface area (Å²) in [5.41, 5.74) is 5.66. The molecule has 1 aliphatic rings. The van der Waals surface area contributed by atoms with Crippen molar-refractivity contribution in [2.45, 2.75) is 32.6 Å². The van der Waals surface area contributed by atoms with Crippen LogP contribution >= 0.6 is 0 Å². The minimum absolute atomic E-state index is 0.00349. The first kappa shape index (κ1) is 20.0. The van der Waals surface area contributed by atoms with Crippen LogP contribution in [0.3, 0.4) is 0 Å². The summed E-state index contributed by atoms with van der Waals surface area (Å²) in [7, 11) is 1.36. The van der Waals surface area contributed by atoms with Gasteiger partial charge in [-0.05, 0) is 19.4 Å². The van der Waals surface area contributed by atoms with Gasteiger partial charge in [-0.2, -0.15) is 0 Å². The molecule has 0 bridgehead atoms. The highest BCUT2D eigenvalue weighted by atomic mass is 16.5. The van der Waals surface area contributed by atoms with Gasteiger partial charge in [0.1, 0.15) is 11.4 Å². The Morgan fingerprint density at radius 3 is 2.36 bits per heavy atom. The maximum atomic E-state index is 12.9. The van der Waals surface area contributed by atoms with Crippen molar-refractivity contribution in [2.24, 2.45) is 7.05 Å². The van der Waals surface area contributed by atoms with E-state index in [2.05, 4.69) is 0 Å². The number of benzene rings is 1. The van der Waals surface area contributed by atoms with Gasteiger partial charge in [-0.3, -0.25) is 23.6 Å². The molecular formula is C20H26N4O4. The molecule has 0 amide bonds. The number of Topliss-reactive ketones (excluding diaryl/α,β-unsaturated/α-hetero) is 1. The minimum Gasteiger partial charge on any atom is -0.384 e. The van der Waals surface area contributed by atoms with Gasteiger partial charge in [0.25, 0.3) is 5.56 Å². The van der Waals surface area contributed by atoms with Crippen LogP contribution in [0.2, 0.25) is 0 Å². The van der Waals surface area contributed by atoms with Crippen LogP contribution in [-0.4, -0.2) is 51.7 Å². The van der Waals surface area contributed by atoms with Gasteiger partial charge in [0.2, 0.25) is 0 Å². The zero-order valence-corrected chi connectivity index (χ0v) is 16.4. The fraction of sp³-hybridized carbons (Fsp3) is 0.450. The molecule has 3 rings (SSSR count). The number of nitrogens with zero attached hydrogens (tertiary/aromatic N) is 3. The SMILES string of the molecule is C[C@H]1CN(CC(=O)c2c(N)n(Cc3ccccc3)c(=O)n(C)c2=O)C[C@H](C)O1. The molecule has 0 saturated carbocycles. The lowest BCUT2D eigenvalue weighted by molar-refractivity contribution is -0.0652. The van der Waals surface area contributed by atoms with Gasteiger partial charge in [-0.15, -0.1) is 0 Å². The number of carbonyl (C=O) groups excluding carboxylic acids is 1. The van der Waals surface area contributed by atoms with Crippen LogP contribution in [0.15, 0.2) is 39.9 Å². The standard InChI is InChI=1S/C20H26N4O4/c1-13-9-23(10-14(2)28-13)12-16(25)17-18(21)24(20(27)22(3)19(17)26)11-15-7-5-4-6-8-15/h4-8,13-14H,9-12,21H2,1-3H3/t13-,14-/m0/s1. The van der Waals surface area contributed by atoms with E-state index in [0.717, 1.165) is 10.1 Å². The number of ether oxygens (including phenoxy) is 1. The number of hydrogen-bond donors (Lipinski definition) is 1. The largest absolute Gasteiger partial charge is 0.384 e. The van der Waals surface area contributed by atoms with Gasteiger partial charge < -0.3 is 10.5 Å². The number of nitrogen functional groups attached to an aromatic ring is 1. The van der Waals surface area contributed by atoms with E-state index in [9.17, 15) is 14.4 Å². The van der Waals surface area contributed by atoms with E-state index in [1.54, 1.807) is 0 Å². The maximum Gasteiger partial charge on any atom is 0.332 e. The van der Waals surface area contributed by atoms with E-state index >= 15 is 0 Å². The van der Waals surface area contributed by atoms with Crippen molar-refractivity contribution in [3.8, 4) is 0 Å². The van der Waals surface area contributed by atoms with Crippen molar-refractivity contribution in [3.63, 3.8) is 0 Å². The van der Waals surface area contributed by atoms with E-state index in [-0.39, 0.29) is 42.5 Å². The Morgan fingerprint density at radius 1 is 1.14 bits per heavy atom. The molecule has 1 aromatic carbocycles. The molecular weight excluding hydrogens is 360 g/mol. The summed E-state index contributed by atoms with van der Waals surface area (Å²) in [6, 6.07) is 9.29. The Balaban J connectivity index is 1.95. The summed E-state index contributed by atoms with van der Waals surface area (Å²) in [5.74, 6) is -0.475. The van der Waals surface area contributed by atoms with Gasteiger partial charge in [-0.25, -0.2) is 4.79 Å². The first-order valence-electron chi connectivity index (χ1n) is 9.32. The lowest BCUT2D eigenvalue weighted by Crippen LogP contribution is -2.49. The molecule has 1 aliphatic heterocycles. The number of nitrogens with two attached hydrogens (primary N) is 1. The number of ketones is 1. The average molecular weight is 386 g/mol. The zero-order chi connectivity index (χ0) is 20.4. The predicted octanol–water partition coefficient (Wildman–Crippen LogP) is 0.469. The molecule has 28 heavy (non-hydrogen) atoms. The van der Waals surface area contributed by atoms with Crippen molar-refractivity contribution in [1.82, 2.24) is 14.0 Å². The lowest BCUT2D eigenvalue weighted by Gasteiger charge is -2.34. The Kier molecular flexibility index (Phi) is 5.81. The second-order valence-corrected chi connectivity index (χ2v) is 7.35. The van der Waals surface area contributed by atoms with Crippen LogP contribution in [0.5, 0.6) is 0 Å². The molecule has 2 atom stereocenters. The second-order valence-electron chi connectivity index (χ2n) is 7.35. The third-order valence-electron chi connectivity index (χ3n) is 4.91. The van der Waals surface area contributed by atoms with Crippen LogP contribution in [0.25, 0.3) is 0 Å². The van der Waals surface area contributed by atoms with E-state index < -0.39 is 11.2 Å². The lowest BCUT2D eigenvalue weighted by atomic mass is 10.1. The summed E-state index contributed by atoms with van der Waals surface area (Å²) in [6.07, 6.45) is 0.00697.